The molecule has 78 valence electrons. The Morgan fingerprint density at radius 1 is 0.929 bits per heavy atom. The second-order valence-corrected chi connectivity index (χ2v) is 4.10. The van der Waals surface area contributed by atoms with E-state index in [4.69, 9.17) is 0 Å². The Morgan fingerprint density at radius 3 is 2.00 bits per heavy atom. The number of thiol groups is 2. The third-order valence-corrected chi connectivity index (χ3v) is 2.48. The van der Waals surface area contributed by atoms with E-state index in [0.717, 1.165) is 31.1 Å². The molecular formula is C11H17NS2. The van der Waals surface area contributed by atoms with Crippen LogP contribution < -0.4 is 0 Å². The summed E-state index contributed by atoms with van der Waals surface area (Å²) in [5.41, 5.74) is 1.36. The molecule has 0 aliphatic rings. The summed E-state index contributed by atoms with van der Waals surface area (Å²) in [6.45, 7) is 3.05. The van der Waals surface area contributed by atoms with Crippen LogP contribution in [0.5, 0.6) is 0 Å². The number of rotatable bonds is 6. The monoisotopic (exact) mass is 227 g/mol. The Hall–Kier alpha value is -0.120. The van der Waals surface area contributed by atoms with E-state index in [-0.39, 0.29) is 0 Å². The molecule has 0 saturated carbocycles. The van der Waals surface area contributed by atoms with Gasteiger partial charge in [-0.05, 0) is 5.56 Å². The summed E-state index contributed by atoms with van der Waals surface area (Å²) >= 11 is 8.51. The smallest absolute Gasteiger partial charge is 0.0234 e. The van der Waals surface area contributed by atoms with Gasteiger partial charge in [-0.3, -0.25) is 4.90 Å². The quantitative estimate of drug-likeness (QED) is 0.706. The normalized spacial score (nSPS) is 10.8. The molecule has 0 saturated heterocycles. The average molecular weight is 227 g/mol. The molecule has 1 aromatic rings. The van der Waals surface area contributed by atoms with E-state index < -0.39 is 0 Å². The molecule has 1 aromatic carbocycles. The van der Waals surface area contributed by atoms with Crippen LogP contribution in [0.15, 0.2) is 30.3 Å². The van der Waals surface area contributed by atoms with Gasteiger partial charge in [0, 0.05) is 31.1 Å². The maximum absolute atomic E-state index is 4.25. The number of hydrogen-bond acceptors (Lipinski definition) is 3. The van der Waals surface area contributed by atoms with Crippen molar-refractivity contribution in [1.29, 1.82) is 0 Å². The second-order valence-electron chi connectivity index (χ2n) is 3.21. The summed E-state index contributed by atoms with van der Waals surface area (Å²) in [6.07, 6.45) is 0. The van der Waals surface area contributed by atoms with E-state index in [1.54, 1.807) is 0 Å². The van der Waals surface area contributed by atoms with Gasteiger partial charge in [0.25, 0.3) is 0 Å². The largest absolute Gasteiger partial charge is 0.297 e. The van der Waals surface area contributed by atoms with Gasteiger partial charge in [0.2, 0.25) is 0 Å². The Kier molecular flexibility index (Phi) is 6.15. The minimum Gasteiger partial charge on any atom is -0.297 e. The molecule has 0 N–H and O–H groups in total. The maximum Gasteiger partial charge on any atom is 0.0234 e. The molecule has 0 aliphatic carbocycles. The van der Waals surface area contributed by atoms with E-state index in [1.807, 2.05) is 6.07 Å². The van der Waals surface area contributed by atoms with Gasteiger partial charge in [0.05, 0.1) is 0 Å². The van der Waals surface area contributed by atoms with Gasteiger partial charge in [0.15, 0.2) is 0 Å². The Bertz CT molecular complexity index is 232. The molecule has 0 fully saturated rings. The van der Waals surface area contributed by atoms with Crippen molar-refractivity contribution < 1.29 is 0 Å². The lowest BCUT2D eigenvalue weighted by atomic mass is 10.2. The molecule has 0 amide bonds. The molecule has 0 unspecified atom stereocenters. The number of nitrogens with zero attached hydrogens (tertiary/aromatic N) is 1. The Balaban J connectivity index is 2.46. The molecule has 0 bridgehead atoms. The lowest BCUT2D eigenvalue weighted by Crippen LogP contribution is -2.27. The Labute approximate surface area is 97.3 Å². The van der Waals surface area contributed by atoms with Gasteiger partial charge >= 0.3 is 0 Å². The highest BCUT2D eigenvalue weighted by atomic mass is 32.1. The molecule has 1 rings (SSSR count). The first-order valence-electron chi connectivity index (χ1n) is 4.85. The molecule has 1 nitrogen and oxygen atoms in total. The first kappa shape index (κ1) is 12.0. The van der Waals surface area contributed by atoms with Crippen LogP contribution in [-0.4, -0.2) is 29.5 Å². The van der Waals surface area contributed by atoms with Crippen LogP contribution in [0.3, 0.4) is 0 Å². The summed E-state index contributed by atoms with van der Waals surface area (Å²) in [4.78, 5) is 2.37. The molecule has 0 spiro atoms. The van der Waals surface area contributed by atoms with Crippen molar-refractivity contribution >= 4 is 25.3 Å². The average Bonchev–Trinajstić information content (AvgIpc) is 2.20. The van der Waals surface area contributed by atoms with Crippen LogP contribution in [0.1, 0.15) is 5.56 Å². The highest BCUT2D eigenvalue weighted by Crippen LogP contribution is 2.04. The third kappa shape index (κ3) is 4.40. The zero-order chi connectivity index (χ0) is 10.2. The topological polar surface area (TPSA) is 3.24 Å². The predicted molar refractivity (Wildman–Crippen MR) is 69.4 cm³/mol. The molecule has 0 radical (unpaired) electrons. The fourth-order valence-electron chi connectivity index (χ4n) is 1.39. The van der Waals surface area contributed by atoms with Crippen molar-refractivity contribution in [2.24, 2.45) is 0 Å². The van der Waals surface area contributed by atoms with E-state index in [0.29, 0.717) is 0 Å². The van der Waals surface area contributed by atoms with Gasteiger partial charge in [-0.15, -0.1) is 0 Å². The zero-order valence-corrected chi connectivity index (χ0v) is 10.1. The molecule has 0 aromatic heterocycles. The van der Waals surface area contributed by atoms with E-state index >= 15 is 0 Å². The summed E-state index contributed by atoms with van der Waals surface area (Å²) in [7, 11) is 0. The van der Waals surface area contributed by atoms with Crippen molar-refractivity contribution in [3.8, 4) is 0 Å². The van der Waals surface area contributed by atoms with E-state index in [9.17, 15) is 0 Å². The summed E-state index contributed by atoms with van der Waals surface area (Å²) < 4.78 is 0. The van der Waals surface area contributed by atoms with Crippen molar-refractivity contribution in [3.63, 3.8) is 0 Å². The number of hydrogen-bond donors (Lipinski definition) is 2. The third-order valence-electron chi connectivity index (χ3n) is 2.08. The number of benzene rings is 1. The molecule has 0 aliphatic heterocycles. The molecular weight excluding hydrogens is 210 g/mol. The molecule has 3 heteroatoms. The fraction of sp³-hybridized carbons (Fsp3) is 0.455. The fourth-order valence-corrected chi connectivity index (χ4v) is 1.96. The van der Waals surface area contributed by atoms with Gasteiger partial charge < -0.3 is 0 Å². The highest BCUT2D eigenvalue weighted by Gasteiger charge is 2.02. The minimum absolute atomic E-state index is 0.903. The van der Waals surface area contributed by atoms with Gasteiger partial charge in [-0.1, -0.05) is 30.3 Å². The highest BCUT2D eigenvalue weighted by molar-refractivity contribution is 7.80. The van der Waals surface area contributed by atoms with E-state index in [2.05, 4.69) is 54.4 Å². The van der Waals surface area contributed by atoms with Crippen LogP contribution in [-0.2, 0) is 6.54 Å². The second kappa shape index (κ2) is 7.21. The maximum atomic E-state index is 4.25. The van der Waals surface area contributed by atoms with Crippen LogP contribution in [0, 0.1) is 0 Å². The lowest BCUT2D eigenvalue weighted by molar-refractivity contribution is 0.301. The van der Waals surface area contributed by atoms with Crippen molar-refractivity contribution in [1.82, 2.24) is 4.90 Å². The Morgan fingerprint density at radius 2 is 1.50 bits per heavy atom. The SMILES string of the molecule is SCCN(CCS)Cc1ccccc1. The first-order chi connectivity index (χ1) is 6.86. The molecule has 0 atom stereocenters. The molecule has 0 heterocycles. The van der Waals surface area contributed by atoms with Crippen LogP contribution in [0.25, 0.3) is 0 Å². The van der Waals surface area contributed by atoms with Gasteiger partial charge in [-0.2, -0.15) is 25.3 Å². The van der Waals surface area contributed by atoms with Crippen molar-refractivity contribution in [2.45, 2.75) is 6.54 Å². The molecule has 14 heavy (non-hydrogen) atoms. The van der Waals surface area contributed by atoms with Crippen LogP contribution >= 0.6 is 25.3 Å². The summed E-state index contributed by atoms with van der Waals surface area (Å²) in [6, 6.07) is 10.5. The predicted octanol–water partition coefficient (Wildman–Crippen LogP) is 2.35. The van der Waals surface area contributed by atoms with Gasteiger partial charge in [-0.25, -0.2) is 0 Å². The summed E-state index contributed by atoms with van der Waals surface area (Å²) in [5, 5.41) is 0. The standard InChI is InChI=1S/C11H17NS2/c13-8-6-12(7-9-14)10-11-4-2-1-3-5-11/h1-5,13-14H,6-10H2. The van der Waals surface area contributed by atoms with Crippen molar-refractivity contribution in [2.75, 3.05) is 24.6 Å². The van der Waals surface area contributed by atoms with Crippen LogP contribution in [0.4, 0.5) is 0 Å². The summed E-state index contributed by atoms with van der Waals surface area (Å²) in [5.74, 6) is 1.81. The van der Waals surface area contributed by atoms with Gasteiger partial charge in [0.1, 0.15) is 0 Å². The lowest BCUT2D eigenvalue weighted by Gasteiger charge is -2.20. The zero-order valence-electron chi connectivity index (χ0n) is 8.26. The minimum atomic E-state index is 0.903. The van der Waals surface area contributed by atoms with E-state index in [1.165, 1.54) is 5.56 Å². The first-order valence-corrected chi connectivity index (χ1v) is 6.11. The van der Waals surface area contributed by atoms with Crippen molar-refractivity contribution in [3.05, 3.63) is 35.9 Å². The van der Waals surface area contributed by atoms with Crippen LogP contribution in [0.2, 0.25) is 0 Å².